The first-order valence-corrected chi connectivity index (χ1v) is 19.2. The van der Waals surface area contributed by atoms with Crippen molar-refractivity contribution >= 4 is 48.7 Å². The molecule has 268 valence electrons. The van der Waals surface area contributed by atoms with Crippen LogP contribution in [0.5, 0.6) is 0 Å². The van der Waals surface area contributed by atoms with Gasteiger partial charge in [-0.2, -0.15) is 5.10 Å². The molecule has 2 aliphatic carbocycles. The molecule has 7 rings (SSSR count). The largest absolute Gasteiger partial charge is 0.393 e. The lowest BCUT2D eigenvalue weighted by Gasteiger charge is -2.50. The third-order valence-corrected chi connectivity index (χ3v) is 12.1. The van der Waals surface area contributed by atoms with E-state index in [1.807, 2.05) is 41.0 Å². The van der Waals surface area contributed by atoms with E-state index in [2.05, 4.69) is 32.8 Å². The minimum absolute atomic E-state index is 0.0444. The quantitative estimate of drug-likeness (QED) is 0.103. The van der Waals surface area contributed by atoms with Crippen molar-refractivity contribution in [2.75, 3.05) is 36.1 Å². The van der Waals surface area contributed by atoms with Gasteiger partial charge in [0.15, 0.2) is 9.84 Å². The third kappa shape index (κ3) is 6.67. The molecular formula is C35H42B2N10O4S. The standard InChI is InChI=1S/C35H42B2N10O4S/c1-4-52(50,51)23-12-13-40-28(14-23)35(36,37)46-17-22(18-46)47-31-19(2)45(3)32-24(25(31)16-41-47)6-5-7-26(32)43-27(30(39)34(49)42-21-10-11-21)15-29(38)44-33(48)20-8-9-20/h5-7,12-16,19-22,43H,4,8-11,17-18,38-39H2,1-3H3,(H,42,49)(H,44,48)/b29-15+,30-27+/t19-/m1/s1. The van der Waals surface area contributed by atoms with Gasteiger partial charge in [-0.05, 0) is 56.1 Å². The SMILES string of the molecule is [B]C([B])(c1cc(S(=O)(=O)CC)ccn1)N1CC(n2ncc3c2[C@@H](C)N(C)c2c(NC(/C=C(\N)NC(=O)C4CC4)=C(/N)C(=O)NC4CC4)cccc2-3)C1. The van der Waals surface area contributed by atoms with E-state index in [1.54, 1.807) is 6.92 Å². The number of sulfone groups is 1. The van der Waals surface area contributed by atoms with Crippen LogP contribution in [0.4, 0.5) is 11.4 Å². The van der Waals surface area contributed by atoms with Crippen LogP contribution in [0.1, 0.15) is 63.0 Å². The number of allylic oxidation sites excluding steroid dienone is 1. The summed E-state index contributed by atoms with van der Waals surface area (Å²) in [6.07, 6.45) is 8.20. The van der Waals surface area contributed by atoms with Gasteiger partial charge in [0.25, 0.3) is 5.91 Å². The van der Waals surface area contributed by atoms with Gasteiger partial charge in [-0.25, -0.2) is 8.42 Å². The summed E-state index contributed by atoms with van der Waals surface area (Å²) in [5, 5.41) is 12.3. The van der Waals surface area contributed by atoms with E-state index in [0.717, 1.165) is 48.2 Å². The highest BCUT2D eigenvalue weighted by Gasteiger charge is 2.42. The third-order valence-electron chi connectivity index (χ3n) is 10.3. The number of anilines is 2. The first kappa shape index (κ1) is 35.6. The highest BCUT2D eigenvalue weighted by atomic mass is 32.2. The monoisotopic (exact) mass is 720 g/mol. The second-order valence-corrected chi connectivity index (χ2v) is 16.4. The zero-order chi connectivity index (χ0) is 37.1. The Bertz CT molecular complexity index is 2100. The van der Waals surface area contributed by atoms with Crippen LogP contribution >= 0.6 is 0 Å². The van der Waals surface area contributed by atoms with Gasteiger partial charge in [0.05, 0.1) is 67.4 Å². The second kappa shape index (κ2) is 13.3. The topological polar surface area (TPSA) is 194 Å². The molecule has 0 unspecified atom stereocenters. The number of nitrogens with one attached hydrogen (secondary N) is 3. The summed E-state index contributed by atoms with van der Waals surface area (Å²) in [7, 11) is 11.7. The van der Waals surface area contributed by atoms with E-state index in [9.17, 15) is 18.0 Å². The second-order valence-electron chi connectivity index (χ2n) is 14.1. The van der Waals surface area contributed by atoms with Gasteiger partial charge in [0.2, 0.25) is 5.91 Å². The summed E-state index contributed by atoms with van der Waals surface area (Å²) in [6.45, 7) is 4.62. The molecule has 52 heavy (non-hydrogen) atoms. The molecule has 14 nitrogen and oxygen atoms in total. The van der Waals surface area contributed by atoms with E-state index in [1.165, 1.54) is 24.4 Å². The number of para-hydroxylation sites is 1. The van der Waals surface area contributed by atoms with Gasteiger partial charge in [0.1, 0.15) is 11.5 Å². The van der Waals surface area contributed by atoms with Gasteiger partial charge in [-0.3, -0.25) is 19.3 Å². The van der Waals surface area contributed by atoms with E-state index in [-0.39, 0.29) is 63.5 Å². The molecule has 2 amide bonds. The predicted molar refractivity (Wildman–Crippen MR) is 199 cm³/mol. The van der Waals surface area contributed by atoms with Crippen molar-refractivity contribution in [3.8, 4) is 11.1 Å². The maximum atomic E-state index is 13.1. The van der Waals surface area contributed by atoms with E-state index < -0.39 is 21.1 Å². The molecule has 1 saturated heterocycles. The highest BCUT2D eigenvalue weighted by Crippen LogP contribution is 2.49. The molecule has 3 fully saturated rings. The number of aromatic nitrogens is 3. The van der Waals surface area contributed by atoms with Crippen molar-refractivity contribution in [3.05, 3.63) is 77.4 Å². The van der Waals surface area contributed by atoms with Crippen LogP contribution in [-0.4, -0.2) is 87.5 Å². The molecule has 2 aliphatic heterocycles. The van der Waals surface area contributed by atoms with Crippen LogP contribution in [0.15, 0.2) is 70.9 Å². The molecule has 4 heterocycles. The molecule has 17 heteroatoms. The smallest absolute Gasteiger partial charge is 0.269 e. The van der Waals surface area contributed by atoms with Crippen molar-refractivity contribution in [1.82, 2.24) is 30.3 Å². The van der Waals surface area contributed by atoms with Crippen LogP contribution in [0.3, 0.4) is 0 Å². The van der Waals surface area contributed by atoms with E-state index >= 15 is 0 Å². The Hall–Kier alpha value is -4.76. The van der Waals surface area contributed by atoms with Crippen LogP contribution in [0, 0.1) is 5.92 Å². The number of nitrogens with two attached hydrogens (primary N) is 2. The zero-order valence-corrected chi connectivity index (χ0v) is 30.3. The fourth-order valence-electron chi connectivity index (χ4n) is 6.69. The maximum Gasteiger partial charge on any atom is 0.269 e. The van der Waals surface area contributed by atoms with Gasteiger partial charge >= 0.3 is 0 Å². The first-order chi connectivity index (χ1) is 24.7. The Morgan fingerprint density at radius 1 is 1.10 bits per heavy atom. The fraction of sp³-hybridized carbons (Fsp3) is 0.429. The average molecular weight is 720 g/mol. The molecule has 7 N–H and O–H groups in total. The lowest BCUT2D eigenvalue weighted by Crippen LogP contribution is -2.60. The first-order valence-electron chi connectivity index (χ1n) is 17.5. The van der Waals surface area contributed by atoms with Crippen molar-refractivity contribution in [1.29, 1.82) is 0 Å². The number of likely N-dealkylation sites (tertiary alicyclic amines) is 1. The van der Waals surface area contributed by atoms with Crippen molar-refractivity contribution < 1.29 is 18.0 Å². The molecule has 4 aliphatic rings. The van der Waals surface area contributed by atoms with Gasteiger partial charge in [-0.1, -0.05) is 19.1 Å². The summed E-state index contributed by atoms with van der Waals surface area (Å²) in [5.41, 5.74) is 17.6. The number of hydrogen-bond donors (Lipinski definition) is 5. The lowest BCUT2D eigenvalue weighted by molar-refractivity contribution is -0.121. The number of rotatable bonds is 12. The number of pyridine rings is 1. The van der Waals surface area contributed by atoms with Gasteiger partial charge in [0, 0.05) is 61.2 Å². The van der Waals surface area contributed by atoms with Gasteiger partial charge < -0.3 is 37.2 Å². The molecule has 2 aromatic heterocycles. The molecule has 2 saturated carbocycles. The molecule has 0 bridgehead atoms. The summed E-state index contributed by atoms with van der Waals surface area (Å²) in [4.78, 5) is 34.0. The Morgan fingerprint density at radius 3 is 2.50 bits per heavy atom. The lowest BCUT2D eigenvalue weighted by atomic mass is 9.57. The number of amides is 2. The highest BCUT2D eigenvalue weighted by molar-refractivity contribution is 7.91. The number of carbonyl (C=O) groups excluding carboxylic acids is 2. The number of hydrogen-bond acceptors (Lipinski definition) is 11. The number of benzene rings is 1. The molecule has 4 radical (unpaired) electrons. The van der Waals surface area contributed by atoms with Crippen molar-refractivity contribution in [2.24, 2.45) is 17.4 Å². The zero-order valence-electron chi connectivity index (χ0n) is 29.5. The minimum Gasteiger partial charge on any atom is -0.393 e. The minimum atomic E-state index is -3.46. The molecule has 1 aromatic carbocycles. The van der Waals surface area contributed by atoms with E-state index in [0.29, 0.717) is 18.8 Å². The molecule has 1 atom stereocenters. The summed E-state index contributed by atoms with van der Waals surface area (Å²) in [6, 6.07) is 8.65. The molecular weight excluding hydrogens is 678 g/mol. The summed E-state index contributed by atoms with van der Waals surface area (Å²) < 4.78 is 27.0. The molecule has 3 aromatic rings. The Morgan fingerprint density at radius 2 is 1.83 bits per heavy atom. The normalized spacial score (nSPS) is 19.9. The fourth-order valence-corrected chi connectivity index (χ4v) is 7.58. The number of nitrogens with zero attached hydrogens (tertiary/aromatic N) is 5. The van der Waals surface area contributed by atoms with Crippen molar-refractivity contribution in [3.63, 3.8) is 0 Å². The maximum absolute atomic E-state index is 13.1. The Labute approximate surface area is 306 Å². The van der Waals surface area contributed by atoms with Crippen LogP contribution in [0.25, 0.3) is 11.1 Å². The summed E-state index contributed by atoms with van der Waals surface area (Å²) >= 11 is 0. The van der Waals surface area contributed by atoms with Crippen LogP contribution < -0.4 is 32.3 Å². The average Bonchev–Trinajstić information content (AvgIpc) is 4.04. The predicted octanol–water partition coefficient (Wildman–Crippen LogP) is 1.44. The Balaban J connectivity index is 1.15. The number of fused-ring (bicyclic) bond motifs is 3. The van der Waals surface area contributed by atoms with Crippen LogP contribution in [-0.2, 0) is 24.8 Å². The van der Waals surface area contributed by atoms with Crippen molar-refractivity contribution in [2.45, 2.75) is 67.9 Å². The Kier molecular flexibility index (Phi) is 9.14. The van der Waals surface area contributed by atoms with E-state index in [4.69, 9.17) is 32.3 Å². The molecule has 0 spiro atoms. The van der Waals surface area contributed by atoms with Crippen LogP contribution in [0.2, 0.25) is 0 Å². The number of carbonyl (C=O) groups is 2. The van der Waals surface area contributed by atoms with Gasteiger partial charge in [-0.15, -0.1) is 0 Å². The summed E-state index contributed by atoms with van der Waals surface area (Å²) in [5.74, 6) is -0.584.